The zero-order chi connectivity index (χ0) is 8.20. The molecule has 0 amide bonds. The first-order chi connectivity index (χ1) is 4.54. The van der Waals surface area contributed by atoms with Gasteiger partial charge in [0.25, 0.3) is 0 Å². The van der Waals surface area contributed by atoms with E-state index in [1.54, 1.807) is 6.92 Å². The van der Waals surface area contributed by atoms with E-state index in [1.807, 2.05) is 6.92 Å². The first-order valence-electron chi connectivity index (χ1n) is 3.20. The molecule has 0 aliphatic rings. The maximum absolute atomic E-state index is 10.9. The van der Waals surface area contributed by atoms with Gasteiger partial charge in [-0.05, 0) is 25.1 Å². The van der Waals surface area contributed by atoms with E-state index < -0.39 is 10.0 Å². The highest BCUT2D eigenvalue weighted by molar-refractivity contribution is 7.89. The van der Waals surface area contributed by atoms with E-state index in [2.05, 4.69) is 0 Å². The van der Waals surface area contributed by atoms with Crippen molar-refractivity contribution < 1.29 is 8.42 Å². The van der Waals surface area contributed by atoms with Gasteiger partial charge in [0.15, 0.2) is 0 Å². The van der Waals surface area contributed by atoms with E-state index in [4.69, 9.17) is 11.8 Å². The Labute approximate surface area is 67.1 Å². The summed E-state index contributed by atoms with van der Waals surface area (Å²) in [5, 5.41) is 0. The van der Waals surface area contributed by atoms with Crippen LogP contribution in [-0.2, 0) is 10.0 Å². The van der Waals surface area contributed by atoms with Crippen LogP contribution in [0.25, 0.3) is 0 Å². The lowest BCUT2D eigenvalue weighted by Crippen LogP contribution is -2.24. The third kappa shape index (κ3) is 2.86. The number of nitrogens with zero attached hydrogens (tertiary/aromatic N) is 1. The van der Waals surface area contributed by atoms with E-state index in [0.717, 1.165) is 10.2 Å². The SMILES string of the molecule is CCCN(Cl)S(=O)(=O)CC. The molecule has 62 valence electrons. The van der Waals surface area contributed by atoms with Crippen molar-refractivity contribution in [2.24, 2.45) is 0 Å². The summed E-state index contributed by atoms with van der Waals surface area (Å²) >= 11 is 5.42. The maximum Gasteiger partial charge on any atom is 0.227 e. The average molecular weight is 186 g/mol. The fourth-order valence-electron chi connectivity index (χ4n) is 0.455. The van der Waals surface area contributed by atoms with Crippen molar-refractivity contribution in [2.75, 3.05) is 12.3 Å². The van der Waals surface area contributed by atoms with Crippen molar-refractivity contribution in [1.82, 2.24) is 3.82 Å². The van der Waals surface area contributed by atoms with Gasteiger partial charge in [-0.15, -0.1) is 3.82 Å². The molecule has 0 unspecified atom stereocenters. The average Bonchev–Trinajstić information content (AvgIpc) is 1.89. The quantitative estimate of drug-likeness (QED) is 0.618. The lowest BCUT2D eigenvalue weighted by atomic mass is 10.5. The summed E-state index contributed by atoms with van der Waals surface area (Å²) in [7, 11) is -3.16. The van der Waals surface area contributed by atoms with Crippen LogP contribution in [0.15, 0.2) is 0 Å². The molecule has 3 nitrogen and oxygen atoms in total. The number of hydrogen-bond donors (Lipinski definition) is 0. The predicted octanol–water partition coefficient (Wildman–Crippen LogP) is 1.20. The van der Waals surface area contributed by atoms with Crippen molar-refractivity contribution in [1.29, 1.82) is 0 Å². The smallest absolute Gasteiger partial charge is 0.211 e. The van der Waals surface area contributed by atoms with Gasteiger partial charge >= 0.3 is 0 Å². The zero-order valence-electron chi connectivity index (χ0n) is 6.17. The molecule has 0 rings (SSSR count). The molecule has 0 aromatic rings. The number of rotatable bonds is 4. The topological polar surface area (TPSA) is 37.4 Å². The van der Waals surface area contributed by atoms with Gasteiger partial charge in [0, 0.05) is 6.54 Å². The van der Waals surface area contributed by atoms with Gasteiger partial charge < -0.3 is 0 Å². The van der Waals surface area contributed by atoms with Crippen molar-refractivity contribution in [2.45, 2.75) is 20.3 Å². The molecule has 0 atom stereocenters. The number of sulfonamides is 1. The molecule has 0 heterocycles. The summed E-state index contributed by atoms with van der Waals surface area (Å²) < 4.78 is 22.6. The summed E-state index contributed by atoms with van der Waals surface area (Å²) in [5.41, 5.74) is 0. The molecule has 0 saturated heterocycles. The van der Waals surface area contributed by atoms with Crippen LogP contribution in [0.5, 0.6) is 0 Å². The van der Waals surface area contributed by atoms with Gasteiger partial charge in [-0.2, -0.15) is 0 Å². The zero-order valence-corrected chi connectivity index (χ0v) is 7.74. The Balaban J connectivity index is 4.06. The third-order valence-corrected chi connectivity index (χ3v) is 3.38. The molecule has 0 saturated carbocycles. The molecule has 0 aliphatic heterocycles. The Morgan fingerprint density at radius 1 is 1.40 bits per heavy atom. The van der Waals surface area contributed by atoms with Crippen LogP contribution < -0.4 is 0 Å². The van der Waals surface area contributed by atoms with E-state index in [-0.39, 0.29) is 5.75 Å². The molecule has 10 heavy (non-hydrogen) atoms. The Morgan fingerprint density at radius 3 is 2.20 bits per heavy atom. The van der Waals surface area contributed by atoms with Crippen LogP contribution in [-0.4, -0.2) is 24.5 Å². The minimum absolute atomic E-state index is 0.0660. The molecule has 0 aromatic carbocycles. The Kier molecular flexibility index (Phi) is 4.24. The summed E-state index contributed by atoms with van der Waals surface area (Å²) in [6, 6.07) is 0. The van der Waals surface area contributed by atoms with Crippen LogP contribution in [0.2, 0.25) is 0 Å². The van der Waals surface area contributed by atoms with E-state index in [9.17, 15) is 8.42 Å². The van der Waals surface area contributed by atoms with Crippen LogP contribution in [0, 0.1) is 0 Å². The van der Waals surface area contributed by atoms with E-state index in [0.29, 0.717) is 6.54 Å². The van der Waals surface area contributed by atoms with Crippen molar-refractivity contribution >= 4 is 21.8 Å². The van der Waals surface area contributed by atoms with Gasteiger partial charge in [0.2, 0.25) is 10.0 Å². The van der Waals surface area contributed by atoms with E-state index in [1.165, 1.54) is 0 Å². The van der Waals surface area contributed by atoms with E-state index >= 15 is 0 Å². The number of halogens is 1. The second kappa shape index (κ2) is 4.16. The fourth-order valence-corrected chi connectivity index (χ4v) is 1.66. The molecular formula is C5H12ClNO2S. The second-order valence-corrected chi connectivity index (χ2v) is 4.70. The summed E-state index contributed by atoms with van der Waals surface area (Å²) in [5.74, 6) is 0.0660. The van der Waals surface area contributed by atoms with Crippen LogP contribution in [0.1, 0.15) is 20.3 Å². The van der Waals surface area contributed by atoms with Crippen molar-refractivity contribution in [3.63, 3.8) is 0 Å². The Bertz CT molecular complexity index is 178. The molecule has 0 aliphatic carbocycles. The van der Waals surface area contributed by atoms with Gasteiger partial charge in [-0.25, -0.2) is 8.42 Å². The first-order valence-corrected chi connectivity index (χ1v) is 5.15. The van der Waals surface area contributed by atoms with Crippen LogP contribution in [0.4, 0.5) is 0 Å². The monoisotopic (exact) mass is 185 g/mol. The summed E-state index contributed by atoms with van der Waals surface area (Å²) in [4.78, 5) is 0. The molecule has 0 radical (unpaired) electrons. The molecular weight excluding hydrogens is 174 g/mol. The Hall–Kier alpha value is 0.200. The Morgan fingerprint density at radius 2 is 1.90 bits per heavy atom. The highest BCUT2D eigenvalue weighted by Crippen LogP contribution is 2.05. The third-order valence-electron chi connectivity index (χ3n) is 1.07. The largest absolute Gasteiger partial charge is 0.227 e. The minimum Gasteiger partial charge on any atom is -0.211 e. The number of hydrogen-bond acceptors (Lipinski definition) is 2. The van der Waals surface area contributed by atoms with Gasteiger partial charge in [-0.3, -0.25) is 0 Å². The molecule has 0 N–H and O–H groups in total. The lowest BCUT2D eigenvalue weighted by molar-refractivity contribution is 0.535. The van der Waals surface area contributed by atoms with Gasteiger partial charge in [0.05, 0.1) is 5.75 Å². The maximum atomic E-state index is 10.9. The highest BCUT2D eigenvalue weighted by atomic mass is 35.5. The van der Waals surface area contributed by atoms with Crippen molar-refractivity contribution in [3.8, 4) is 0 Å². The molecule has 0 aromatic heterocycles. The molecule has 0 fully saturated rings. The molecule has 5 heteroatoms. The lowest BCUT2D eigenvalue weighted by Gasteiger charge is -2.10. The van der Waals surface area contributed by atoms with Crippen molar-refractivity contribution in [3.05, 3.63) is 0 Å². The van der Waals surface area contributed by atoms with Gasteiger partial charge in [-0.1, -0.05) is 6.92 Å². The van der Waals surface area contributed by atoms with Crippen LogP contribution >= 0.6 is 11.8 Å². The van der Waals surface area contributed by atoms with Crippen LogP contribution in [0.3, 0.4) is 0 Å². The standard InChI is InChI=1S/C5H12ClNO2S/c1-3-5-7(6)10(8,9)4-2/h3-5H2,1-2H3. The minimum atomic E-state index is -3.16. The highest BCUT2D eigenvalue weighted by Gasteiger charge is 2.15. The van der Waals surface area contributed by atoms with Gasteiger partial charge in [0.1, 0.15) is 0 Å². The predicted molar refractivity (Wildman–Crippen MR) is 42.3 cm³/mol. The normalized spacial score (nSPS) is 12.4. The summed E-state index contributed by atoms with van der Waals surface area (Å²) in [6.45, 7) is 3.83. The fraction of sp³-hybridized carbons (Fsp3) is 1.00. The second-order valence-electron chi connectivity index (χ2n) is 1.91. The molecule has 0 spiro atoms. The summed E-state index contributed by atoms with van der Waals surface area (Å²) in [6.07, 6.45) is 0.739. The molecule has 0 bridgehead atoms. The first kappa shape index (κ1) is 10.2.